The summed E-state index contributed by atoms with van der Waals surface area (Å²) in [5.41, 5.74) is 0.475. The van der Waals surface area contributed by atoms with Crippen LogP contribution in [0.4, 0.5) is 8.78 Å². The summed E-state index contributed by atoms with van der Waals surface area (Å²) in [7, 11) is 0. The molecule has 0 unspecified atom stereocenters. The zero-order chi connectivity index (χ0) is 14.5. The van der Waals surface area contributed by atoms with Crippen molar-refractivity contribution in [3.05, 3.63) is 29.8 Å². The molecule has 2 nitrogen and oxygen atoms in total. The highest BCUT2D eigenvalue weighted by Gasteiger charge is 2.26. The van der Waals surface area contributed by atoms with Gasteiger partial charge in [0, 0.05) is 11.5 Å². The summed E-state index contributed by atoms with van der Waals surface area (Å²) >= 11 is 0. The van der Waals surface area contributed by atoms with Crippen molar-refractivity contribution in [3.8, 4) is 5.75 Å². The fraction of sp³-hybridized carbons (Fsp3) is 0.562. The van der Waals surface area contributed by atoms with Crippen LogP contribution in [0.1, 0.15) is 49.4 Å². The summed E-state index contributed by atoms with van der Waals surface area (Å²) in [6, 6.07) is 6.12. The van der Waals surface area contributed by atoms with Crippen LogP contribution in [0.5, 0.6) is 5.75 Å². The largest absolute Gasteiger partial charge is 0.435 e. The summed E-state index contributed by atoms with van der Waals surface area (Å²) < 4.78 is 28.7. The maximum atomic E-state index is 12.4. The highest BCUT2D eigenvalue weighted by molar-refractivity contribution is 5.98. The lowest BCUT2D eigenvalue weighted by atomic mass is 9.78. The highest BCUT2D eigenvalue weighted by Crippen LogP contribution is 2.33. The van der Waals surface area contributed by atoms with E-state index in [4.69, 9.17) is 0 Å². The lowest BCUT2D eigenvalue weighted by Gasteiger charge is -2.26. The smallest absolute Gasteiger partial charge is 0.387 e. The number of ketones is 1. The Morgan fingerprint density at radius 3 is 2.60 bits per heavy atom. The van der Waals surface area contributed by atoms with Crippen molar-refractivity contribution >= 4 is 5.78 Å². The van der Waals surface area contributed by atoms with Crippen LogP contribution < -0.4 is 4.74 Å². The van der Waals surface area contributed by atoms with E-state index in [-0.39, 0.29) is 17.5 Å². The van der Waals surface area contributed by atoms with Gasteiger partial charge in [-0.1, -0.05) is 25.5 Å². The molecule has 2 rings (SSSR count). The Morgan fingerprint density at radius 1 is 1.30 bits per heavy atom. The van der Waals surface area contributed by atoms with E-state index in [1.807, 2.05) is 0 Å². The van der Waals surface area contributed by atoms with Crippen molar-refractivity contribution in [2.45, 2.75) is 45.6 Å². The normalized spacial score (nSPS) is 22.8. The van der Waals surface area contributed by atoms with Gasteiger partial charge in [-0.25, -0.2) is 0 Å². The SMILES string of the molecule is CCC1CCC(C(=O)c2cccc(OC(F)F)c2)CC1. The number of halogens is 2. The minimum absolute atomic E-state index is 0.0274. The van der Waals surface area contributed by atoms with Gasteiger partial charge in [-0.2, -0.15) is 8.78 Å². The molecule has 0 atom stereocenters. The van der Waals surface area contributed by atoms with Gasteiger partial charge in [0.1, 0.15) is 5.75 Å². The summed E-state index contributed by atoms with van der Waals surface area (Å²) in [5, 5.41) is 0. The number of carbonyl (C=O) groups is 1. The molecule has 1 saturated carbocycles. The number of hydrogen-bond donors (Lipinski definition) is 0. The number of carbonyl (C=O) groups excluding carboxylic acids is 1. The van der Waals surface area contributed by atoms with Crippen LogP contribution in [0.25, 0.3) is 0 Å². The monoisotopic (exact) mass is 282 g/mol. The molecule has 1 aromatic rings. The molecule has 1 aromatic carbocycles. The Kier molecular flexibility index (Phi) is 5.10. The number of alkyl halides is 2. The molecular formula is C16H20F2O2. The minimum Gasteiger partial charge on any atom is -0.435 e. The Balaban J connectivity index is 2.02. The van der Waals surface area contributed by atoms with E-state index in [0.717, 1.165) is 31.6 Å². The van der Waals surface area contributed by atoms with Crippen LogP contribution in [0.2, 0.25) is 0 Å². The lowest BCUT2D eigenvalue weighted by molar-refractivity contribution is -0.0498. The molecule has 0 radical (unpaired) electrons. The number of ether oxygens (including phenoxy) is 1. The van der Waals surface area contributed by atoms with Crippen molar-refractivity contribution < 1.29 is 18.3 Å². The first-order valence-corrected chi connectivity index (χ1v) is 7.19. The average Bonchev–Trinajstić information content (AvgIpc) is 2.46. The summed E-state index contributed by atoms with van der Waals surface area (Å²) in [6.45, 7) is -0.682. The molecule has 0 aliphatic heterocycles. The van der Waals surface area contributed by atoms with Crippen molar-refractivity contribution in [2.75, 3.05) is 0 Å². The Morgan fingerprint density at radius 2 is 2.00 bits per heavy atom. The van der Waals surface area contributed by atoms with Gasteiger partial charge in [-0.15, -0.1) is 0 Å². The van der Waals surface area contributed by atoms with Crippen LogP contribution >= 0.6 is 0 Å². The van der Waals surface area contributed by atoms with Gasteiger partial charge in [-0.05, 0) is 43.7 Å². The number of benzene rings is 1. The van der Waals surface area contributed by atoms with E-state index in [9.17, 15) is 13.6 Å². The first kappa shape index (κ1) is 14.9. The molecule has 0 amide bonds. The molecule has 1 aliphatic carbocycles. The third-order valence-electron chi connectivity index (χ3n) is 4.14. The van der Waals surface area contributed by atoms with Crippen molar-refractivity contribution in [2.24, 2.45) is 11.8 Å². The predicted octanol–water partition coefficient (Wildman–Crippen LogP) is 4.69. The molecule has 0 bridgehead atoms. The molecule has 110 valence electrons. The van der Waals surface area contributed by atoms with Crippen LogP contribution in [0.15, 0.2) is 24.3 Å². The molecule has 0 saturated heterocycles. The number of Topliss-reactive ketones (excluding diaryl/α,β-unsaturated/α-hetero) is 1. The fourth-order valence-corrected chi connectivity index (χ4v) is 2.89. The molecule has 20 heavy (non-hydrogen) atoms. The maximum absolute atomic E-state index is 12.4. The molecule has 0 heterocycles. The van der Waals surface area contributed by atoms with E-state index >= 15 is 0 Å². The second-order valence-electron chi connectivity index (χ2n) is 5.40. The van der Waals surface area contributed by atoms with Gasteiger partial charge in [0.25, 0.3) is 0 Å². The van der Waals surface area contributed by atoms with Gasteiger partial charge in [0.05, 0.1) is 0 Å². The van der Waals surface area contributed by atoms with Crippen molar-refractivity contribution in [3.63, 3.8) is 0 Å². The standard InChI is InChI=1S/C16H20F2O2/c1-2-11-6-8-12(9-7-11)15(19)13-4-3-5-14(10-13)20-16(17)18/h3-5,10-12,16H,2,6-9H2,1H3. The highest BCUT2D eigenvalue weighted by atomic mass is 19.3. The maximum Gasteiger partial charge on any atom is 0.387 e. The summed E-state index contributed by atoms with van der Waals surface area (Å²) in [5.74, 6) is 0.861. The summed E-state index contributed by atoms with van der Waals surface area (Å²) in [4.78, 5) is 12.4. The van der Waals surface area contributed by atoms with Gasteiger partial charge in [0.15, 0.2) is 5.78 Å². The third-order valence-corrected chi connectivity index (χ3v) is 4.14. The number of hydrogen-bond acceptors (Lipinski definition) is 2. The van der Waals surface area contributed by atoms with Crippen LogP contribution in [-0.4, -0.2) is 12.4 Å². The molecule has 1 fully saturated rings. The first-order chi connectivity index (χ1) is 9.60. The molecule has 0 spiro atoms. The van der Waals surface area contributed by atoms with E-state index in [1.165, 1.54) is 18.6 Å². The third kappa shape index (κ3) is 3.78. The molecular weight excluding hydrogens is 262 g/mol. The Hall–Kier alpha value is -1.45. The van der Waals surface area contributed by atoms with Crippen molar-refractivity contribution in [1.82, 2.24) is 0 Å². The molecule has 0 aromatic heterocycles. The van der Waals surface area contributed by atoms with Crippen LogP contribution in [0, 0.1) is 11.8 Å². The van der Waals surface area contributed by atoms with Crippen LogP contribution in [0.3, 0.4) is 0 Å². The van der Waals surface area contributed by atoms with E-state index in [2.05, 4.69) is 11.7 Å². The van der Waals surface area contributed by atoms with E-state index in [1.54, 1.807) is 12.1 Å². The van der Waals surface area contributed by atoms with Gasteiger partial charge in [0.2, 0.25) is 0 Å². The Bertz CT molecular complexity index is 452. The molecule has 0 N–H and O–H groups in total. The zero-order valence-electron chi connectivity index (χ0n) is 11.6. The second-order valence-corrected chi connectivity index (χ2v) is 5.40. The fourth-order valence-electron chi connectivity index (χ4n) is 2.89. The van der Waals surface area contributed by atoms with E-state index in [0.29, 0.717) is 5.56 Å². The quantitative estimate of drug-likeness (QED) is 0.732. The Labute approximate surface area is 118 Å². The number of rotatable bonds is 5. The van der Waals surface area contributed by atoms with Gasteiger partial charge >= 0.3 is 6.61 Å². The van der Waals surface area contributed by atoms with Crippen LogP contribution in [-0.2, 0) is 0 Å². The van der Waals surface area contributed by atoms with Gasteiger partial charge < -0.3 is 4.74 Å². The first-order valence-electron chi connectivity index (χ1n) is 7.19. The predicted molar refractivity (Wildman–Crippen MR) is 73.1 cm³/mol. The topological polar surface area (TPSA) is 26.3 Å². The van der Waals surface area contributed by atoms with Gasteiger partial charge in [-0.3, -0.25) is 4.79 Å². The lowest BCUT2D eigenvalue weighted by Crippen LogP contribution is -2.21. The minimum atomic E-state index is -2.86. The molecule has 4 heteroatoms. The van der Waals surface area contributed by atoms with Crippen molar-refractivity contribution in [1.29, 1.82) is 0 Å². The summed E-state index contributed by atoms with van der Waals surface area (Å²) in [6.07, 6.45) is 5.13. The average molecular weight is 282 g/mol. The second kappa shape index (κ2) is 6.82. The zero-order valence-corrected chi connectivity index (χ0v) is 11.6. The molecule has 1 aliphatic rings. The van der Waals surface area contributed by atoms with E-state index < -0.39 is 6.61 Å².